The molecule has 0 aliphatic carbocycles. The molecule has 1 unspecified atom stereocenters. The van der Waals surface area contributed by atoms with Crippen LogP contribution in [0.25, 0.3) is 0 Å². The van der Waals surface area contributed by atoms with E-state index in [0.717, 1.165) is 30.7 Å². The summed E-state index contributed by atoms with van der Waals surface area (Å²) in [6.07, 6.45) is 2.79. The first kappa shape index (κ1) is 24.8. The van der Waals surface area contributed by atoms with Crippen LogP contribution in [0.5, 0.6) is 5.75 Å². The molecular formula is C28H33N3O3. The number of amides is 2. The van der Waals surface area contributed by atoms with Gasteiger partial charge < -0.3 is 20.7 Å². The van der Waals surface area contributed by atoms with Gasteiger partial charge in [-0.25, -0.2) is 0 Å². The van der Waals surface area contributed by atoms with Crippen LogP contribution in [0, 0.1) is 0 Å². The number of ether oxygens (including phenoxy) is 1. The summed E-state index contributed by atoms with van der Waals surface area (Å²) in [6, 6.07) is 25.0. The molecule has 1 atom stereocenters. The van der Waals surface area contributed by atoms with Gasteiger partial charge in [-0.3, -0.25) is 9.59 Å². The Morgan fingerprint density at radius 3 is 2.41 bits per heavy atom. The molecule has 0 aliphatic rings. The van der Waals surface area contributed by atoms with Crippen molar-refractivity contribution in [3.05, 3.63) is 90.0 Å². The topological polar surface area (TPSA) is 79.5 Å². The minimum absolute atomic E-state index is 0.0982. The average Bonchev–Trinajstić information content (AvgIpc) is 2.86. The van der Waals surface area contributed by atoms with E-state index in [-0.39, 0.29) is 24.4 Å². The Hall–Kier alpha value is -3.80. The number of anilines is 2. The van der Waals surface area contributed by atoms with Crippen molar-refractivity contribution in [1.82, 2.24) is 5.32 Å². The highest BCUT2D eigenvalue weighted by molar-refractivity contribution is 5.98. The molecule has 34 heavy (non-hydrogen) atoms. The molecule has 0 radical (unpaired) electrons. The van der Waals surface area contributed by atoms with Gasteiger partial charge in [0.05, 0.1) is 13.2 Å². The molecule has 0 aliphatic heterocycles. The summed E-state index contributed by atoms with van der Waals surface area (Å²) in [4.78, 5) is 24.6. The predicted octanol–water partition coefficient (Wildman–Crippen LogP) is 5.28. The number of benzene rings is 3. The Morgan fingerprint density at radius 2 is 1.68 bits per heavy atom. The van der Waals surface area contributed by atoms with Crippen molar-refractivity contribution in [3.63, 3.8) is 0 Å². The van der Waals surface area contributed by atoms with Gasteiger partial charge in [-0.2, -0.15) is 0 Å². The molecular weight excluding hydrogens is 426 g/mol. The molecule has 3 rings (SSSR count). The summed E-state index contributed by atoms with van der Waals surface area (Å²) in [5.74, 6) is 0.460. The smallest absolute Gasteiger partial charge is 0.251 e. The molecule has 3 N–H and O–H groups in total. The molecule has 0 aromatic heterocycles. The zero-order valence-corrected chi connectivity index (χ0v) is 19.8. The maximum absolute atomic E-state index is 12.4. The lowest BCUT2D eigenvalue weighted by atomic mass is 10.1. The van der Waals surface area contributed by atoms with Crippen LogP contribution in [-0.4, -0.2) is 31.0 Å². The van der Waals surface area contributed by atoms with E-state index in [1.54, 1.807) is 24.3 Å². The number of hydrogen-bond donors (Lipinski definition) is 3. The van der Waals surface area contributed by atoms with Crippen LogP contribution in [0.3, 0.4) is 0 Å². The SMILES string of the molecule is CCC(C)NC(=O)c1cccc(NC(=O)CNc2ccc(OCCCc3ccccc3)cc2)c1. The summed E-state index contributed by atoms with van der Waals surface area (Å²) in [5, 5.41) is 8.86. The van der Waals surface area contributed by atoms with E-state index < -0.39 is 0 Å². The first-order valence-corrected chi connectivity index (χ1v) is 11.7. The fourth-order valence-electron chi connectivity index (χ4n) is 3.31. The second kappa shape index (κ2) is 13.0. The number of nitrogens with one attached hydrogen (secondary N) is 3. The molecule has 0 bridgehead atoms. The average molecular weight is 460 g/mol. The fourth-order valence-corrected chi connectivity index (χ4v) is 3.31. The van der Waals surface area contributed by atoms with Gasteiger partial charge >= 0.3 is 0 Å². The van der Waals surface area contributed by atoms with Crippen molar-refractivity contribution in [2.45, 2.75) is 39.2 Å². The predicted molar refractivity (Wildman–Crippen MR) is 137 cm³/mol. The van der Waals surface area contributed by atoms with Crippen LogP contribution >= 0.6 is 0 Å². The molecule has 2 amide bonds. The number of carbonyl (C=O) groups excluding carboxylic acids is 2. The van der Waals surface area contributed by atoms with Crippen molar-refractivity contribution in [3.8, 4) is 5.75 Å². The quantitative estimate of drug-likeness (QED) is 0.322. The molecule has 3 aromatic carbocycles. The van der Waals surface area contributed by atoms with Crippen molar-refractivity contribution < 1.29 is 14.3 Å². The van der Waals surface area contributed by atoms with E-state index in [9.17, 15) is 9.59 Å². The molecule has 0 heterocycles. The number of carbonyl (C=O) groups is 2. The van der Waals surface area contributed by atoms with Crippen molar-refractivity contribution in [2.24, 2.45) is 0 Å². The van der Waals surface area contributed by atoms with E-state index in [4.69, 9.17) is 4.74 Å². The van der Waals surface area contributed by atoms with Crippen LogP contribution in [0.2, 0.25) is 0 Å². The van der Waals surface area contributed by atoms with Crippen LogP contribution in [-0.2, 0) is 11.2 Å². The summed E-state index contributed by atoms with van der Waals surface area (Å²) in [7, 11) is 0. The van der Waals surface area contributed by atoms with Gasteiger partial charge in [0.15, 0.2) is 0 Å². The van der Waals surface area contributed by atoms with Gasteiger partial charge in [0.25, 0.3) is 5.91 Å². The zero-order valence-electron chi connectivity index (χ0n) is 19.8. The van der Waals surface area contributed by atoms with E-state index in [0.29, 0.717) is 17.9 Å². The second-order valence-corrected chi connectivity index (χ2v) is 8.23. The molecule has 6 heteroatoms. The summed E-state index contributed by atoms with van der Waals surface area (Å²) in [6.45, 7) is 4.74. The van der Waals surface area contributed by atoms with Gasteiger partial charge in [-0.15, -0.1) is 0 Å². The Kier molecular flexibility index (Phi) is 9.52. The van der Waals surface area contributed by atoms with Crippen LogP contribution < -0.4 is 20.7 Å². The van der Waals surface area contributed by atoms with Crippen molar-refractivity contribution >= 4 is 23.2 Å². The third kappa shape index (κ3) is 8.28. The van der Waals surface area contributed by atoms with E-state index in [1.165, 1.54) is 5.56 Å². The largest absolute Gasteiger partial charge is 0.494 e. The first-order chi connectivity index (χ1) is 16.5. The molecule has 0 fully saturated rings. The summed E-state index contributed by atoms with van der Waals surface area (Å²) in [5.41, 5.74) is 3.24. The van der Waals surface area contributed by atoms with E-state index in [1.807, 2.05) is 56.3 Å². The lowest BCUT2D eigenvalue weighted by Crippen LogP contribution is -2.32. The lowest BCUT2D eigenvalue weighted by molar-refractivity contribution is -0.114. The fraction of sp³-hybridized carbons (Fsp3) is 0.286. The third-order valence-corrected chi connectivity index (χ3v) is 5.43. The number of rotatable bonds is 12. The van der Waals surface area contributed by atoms with Gasteiger partial charge in [0, 0.05) is 23.0 Å². The number of hydrogen-bond acceptors (Lipinski definition) is 4. The van der Waals surface area contributed by atoms with E-state index >= 15 is 0 Å². The standard InChI is InChI=1S/C28H33N3O3/c1-3-21(2)30-28(33)23-12-7-13-25(19-23)31-27(32)20-29-24-14-16-26(17-15-24)34-18-8-11-22-9-5-4-6-10-22/h4-7,9-10,12-17,19,21,29H,3,8,11,18,20H2,1-2H3,(H,30,33)(H,31,32). The van der Waals surface area contributed by atoms with Crippen LogP contribution in [0.4, 0.5) is 11.4 Å². The maximum atomic E-state index is 12.4. The van der Waals surface area contributed by atoms with Crippen molar-refractivity contribution in [2.75, 3.05) is 23.8 Å². The van der Waals surface area contributed by atoms with Gasteiger partial charge in [-0.05, 0) is 74.2 Å². The summed E-state index contributed by atoms with van der Waals surface area (Å²) >= 11 is 0. The van der Waals surface area contributed by atoms with Gasteiger partial charge in [0.2, 0.25) is 5.91 Å². The second-order valence-electron chi connectivity index (χ2n) is 8.23. The van der Waals surface area contributed by atoms with Gasteiger partial charge in [-0.1, -0.05) is 43.3 Å². The Morgan fingerprint density at radius 1 is 0.912 bits per heavy atom. The van der Waals surface area contributed by atoms with Crippen LogP contribution in [0.15, 0.2) is 78.9 Å². The monoisotopic (exact) mass is 459 g/mol. The van der Waals surface area contributed by atoms with Crippen LogP contribution in [0.1, 0.15) is 42.6 Å². The molecule has 6 nitrogen and oxygen atoms in total. The Bertz CT molecular complexity index is 1050. The highest BCUT2D eigenvalue weighted by Gasteiger charge is 2.10. The zero-order chi connectivity index (χ0) is 24.2. The molecule has 0 saturated carbocycles. The minimum Gasteiger partial charge on any atom is -0.494 e. The first-order valence-electron chi connectivity index (χ1n) is 11.7. The van der Waals surface area contributed by atoms with E-state index in [2.05, 4.69) is 28.1 Å². The highest BCUT2D eigenvalue weighted by atomic mass is 16.5. The normalized spacial score (nSPS) is 11.4. The minimum atomic E-state index is -0.194. The maximum Gasteiger partial charge on any atom is 0.251 e. The molecule has 178 valence electrons. The molecule has 0 spiro atoms. The van der Waals surface area contributed by atoms with Gasteiger partial charge in [0.1, 0.15) is 5.75 Å². The highest BCUT2D eigenvalue weighted by Crippen LogP contribution is 2.16. The Balaban J connectivity index is 1.40. The van der Waals surface area contributed by atoms with Crippen molar-refractivity contribution in [1.29, 1.82) is 0 Å². The molecule has 0 saturated heterocycles. The lowest BCUT2D eigenvalue weighted by Gasteiger charge is -2.13. The summed E-state index contributed by atoms with van der Waals surface area (Å²) < 4.78 is 5.81. The molecule has 3 aromatic rings. The third-order valence-electron chi connectivity index (χ3n) is 5.43. The number of aryl methyl sites for hydroxylation is 1. The Labute approximate surface area is 201 Å².